The fraction of sp³-hybridized carbons (Fsp3) is 0.409. The van der Waals surface area contributed by atoms with E-state index < -0.39 is 10.0 Å². The van der Waals surface area contributed by atoms with Gasteiger partial charge in [0.15, 0.2) is 0 Å². The van der Waals surface area contributed by atoms with Crippen LogP contribution in [0, 0.1) is 6.92 Å². The van der Waals surface area contributed by atoms with Crippen LogP contribution >= 0.6 is 0 Å². The number of carbonyl (C=O) groups is 1. The van der Waals surface area contributed by atoms with Crippen LogP contribution < -0.4 is 19.1 Å². The van der Waals surface area contributed by atoms with E-state index in [0.29, 0.717) is 24.5 Å². The highest BCUT2D eigenvalue weighted by Gasteiger charge is 2.18. The average molecular weight is 435 g/mol. The first-order chi connectivity index (χ1) is 14.2. The van der Waals surface area contributed by atoms with Crippen molar-refractivity contribution in [1.82, 2.24) is 5.32 Å². The predicted octanol–water partition coefficient (Wildman–Crippen LogP) is 3.13. The molecule has 164 valence electrons. The number of anilines is 1. The van der Waals surface area contributed by atoms with Gasteiger partial charge in [0, 0.05) is 13.0 Å². The number of benzene rings is 2. The summed E-state index contributed by atoms with van der Waals surface area (Å²) in [5.74, 6) is 1.30. The molecule has 2 aromatic carbocycles. The quantitative estimate of drug-likeness (QED) is 0.587. The Bertz CT molecular complexity index is 912. The number of hydrogen-bond acceptors (Lipinski definition) is 5. The molecule has 1 atom stereocenters. The van der Waals surface area contributed by atoms with Gasteiger partial charge in [0.25, 0.3) is 0 Å². The van der Waals surface area contributed by atoms with Crippen LogP contribution in [0.25, 0.3) is 0 Å². The normalized spacial score (nSPS) is 12.1. The first-order valence-electron chi connectivity index (χ1n) is 9.79. The second-order valence-corrected chi connectivity index (χ2v) is 9.14. The minimum absolute atomic E-state index is 0.141. The van der Waals surface area contributed by atoms with Crippen LogP contribution in [0.4, 0.5) is 5.69 Å². The summed E-state index contributed by atoms with van der Waals surface area (Å²) in [5.41, 5.74) is 1.65. The molecule has 7 nitrogen and oxygen atoms in total. The molecule has 2 rings (SSSR count). The summed E-state index contributed by atoms with van der Waals surface area (Å²) in [5, 5.41) is 2.88. The van der Waals surface area contributed by atoms with Gasteiger partial charge in [-0.15, -0.1) is 0 Å². The Hall–Kier alpha value is -2.74. The predicted molar refractivity (Wildman–Crippen MR) is 119 cm³/mol. The summed E-state index contributed by atoms with van der Waals surface area (Å²) in [7, 11) is -1.82. The molecular weight excluding hydrogens is 404 g/mol. The van der Waals surface area contributed by atoms with Gasteiger partial charge in [-0.25, -0.2) is 8.42 Å². The fourth-order valence-electron chi connectivity index (χ4n) is 2.86. The van der Waals surface area contributed by atoms with Crippen LogP contribution in [0.5, 0.6) is 11.5 Å². The lowest BCUT2D eigenvalue weighted by atomic mass is 10.2. The van der Waals surface area contributed by atoms with Crippen molar-refractivity contribution < 1.29 is 22.7 Å². The molecule has 0 aliphatic heterocycles. The van der Waals surface area contributed by atoms with Gasteiger partial charge in [-0.3, -0.25) is 9.10 Å². The summed E-state index contributed by atoms with van der Waals surface area (Å²) in [4.78, 5) is 12.2. The van der Waals surface area contributed by atoms with Gasteiger partial charge in [0.2, 0.25) is 15.9 Å². The van der Waals surface area contributed by atoms with E-state index in [1.807, 2.05) is 26.0 Å². The number of aryl methyl sites for hydroxylation is 1. The van der Waals surface area contributed by atoms with Crippen LogP contribution in [0.3, 0.4) is 0 Å². The molecule has 1 unspecified atom stereocenters. The van der Waals surface area contributed by atoms with Crippen molar-refractivity contribution in [3.05, 3.63) is 54.1 Å². The topological polar surface area (TPSA) is 84.9 Å². The smallest absolute Gasteiger partial charge is 0.232 e. The summed E-state index contributed by atoms with van der Waals surface area (Å²) in [6, 6.07) is 14.3. The number of ether oxygens (including phenoxy) is 2. The van der Waals surface area contributed by atoms with Gasteiger partial charge in [-0.1, -0.05) is 17.7 Å². The molecule has 0 aliphatic rings. The third-order valence-corrected chi connectivity index (χ3v) is 5.65. The number of amides is 1. The molecule has 0 radical (unpaired) electrons. The number of nitrogens with zero attached hydrogens (tertiary/aromatic N) is 1. The van der Waals surface area contributed by atoms with E-state index in [2.05, 4.69) is 5.32 Å². The van der Waals surface area contributed by atoms with Gasteiger partial charge in [0.05, 0.1) is 25.1 Å². The summed E-state index contributed by atoms with van der Waals surface area (Å²) in [6.07, 6.45) is 1.81. The number of sulfonamides is 1. The van der Waals surface area contributed by atoms with Crippen molar-refractivity contribution in [1.29, 1.82) is 0 Å². The van der Waals surface area contributed by atoms with Gasteiger partial charge < -0.3 is 14.8 Å². The molecule has 1 N–H and O–H groups in total. The van der Waals surface area contributed by atoms with Gasteiger partial charge in [-0.05, 0) is 56.7 Å². The summed E-state index contributed by atoms with van der Waals surface area (Å²) in [6.45, 7) is 4.37. The third-order valence-electron chi connectivity index (χ3n) is 4.45. The molecule has 0 aliphatic carbocycles. The standard InChI is InChI=1S/C22H30N2O5S/c1-17-7-9-19(10-8-17)24(30(4,26)27)15-5-6-22(25)23-18(2)16-29-21-13-11-20(28-3)12-14-21/h7-14,18H,5-6,15-16H2,1-4H3,(H,23,25). The maximum atomic E-state index is 12.2. The highest BCUT2D eigenvalue weighted by Crippen LogP contribution is 2.19. The molecule has 0 saturated carbocycles. The van der Waals surface area contributed by atoms with Crippen LogP contribution in [0.2, 0.25) is 0 Å². The van der Waals surface area contributed by atoms with Gasteiger partial charge in [0.1, 0.15) is 18.1 Å². The number of hydrogen-bond donors (Lipinski definition) is 1. The molecule has 0 bridgehead atoms. The van der Waals surface area contributed by atoms with Crippen LogP contribution in [-0.2, 0) is 14.8 Å². The van der Waals surface area contributed by atoms with Crippen LogP contribution in [0.1, 0.15) is 25.3 Å². The van der Waals surface area contributed by atoms with Crippen molar-refractivity contribution in [2.45, 2.75) is 32.7 Å². The van der Waals surface area contributed by atoms with E-state index in [-0.39, 0.29) is 24.9 Å². The Kier molecular flexibility index (Phi) is 8.53. The number of nitrogens with one attached hydrogen (secondary N) is 1. The number of carbonyl (C=O) groups excluding carboxylic acids is 1. The van der Waals surface area contributed by atoms with Gasteiger partial charge >= 0.3 is 0 Å². The van der Waals surface area contributed by atoms with Crippen molar-refractivity contribution >= 4 is 21.6 Å². The minimum Gasteiger partial charge on any atom is -0.497 e. The third kappa shape index (κ3) is 7.59. The van der Waals surface area contributed by atoms with Crippen molar-refractivity contribution in [3.63, 3.8) is 0 Å². The molecule has 30 heavy (non-hydrogen) atoms. The maximum Gasteiger partial charge on any atom is 0.232 e. The lowest BCUT2D eigenvalue weighted by Crippen LogP contribution is -2.37. The van der Waals surface area contributed by atoms with E-state index in [4.69, 9.17) is 9.47 Å². The zero-order valence-electron chi connectivity index (χ0n) is 17.9. The minimum atomic E-state index is -3.42. The van der Waals surface area contributed by atoms with E-state index in [1.165, 1.54) is 10.6 Å². The molecule has 1 amide bonds. The Balaban J connectivity index is 1.78. The summed E-state index contributed by atoms with van der Waals surface area (Å²) < 4.78 is 36.4. The lowest BCUT2D eigenvalue weighted by molar-refractivity contribution is -0.121. The molecule has 0 aromatic heterocycles. The van der Waals surface area contributed by atoms with Crippen molar-refractivity contribution in [2.24, 2.45) is 0 Å². The molecule has 0 saturated heterocycles. The molecule has 0 heterocycles. The fourth-order valence-corrected chi connectivity index (χ4v) is 3.83. The zero-order chi connectivity index (χ0) is 22.1. The molecule has 2 aromatic rings. The second kappa shape index (κ2) is 10.9. The molecular formula is C22H30N2O5S. The molecule has 0 spiro atoms. The zero-order valence-corrected chi connectivity index (χ0v) is 18.7. The first kappa shape index (κ1) is 23.5. The first-order valence-corrected chi connectivity index (χ1v) is 11.6. The van der Waals surface area contributed by atoms with Crippen LogP contribution in [0.15, 0.2) is 48.5 Å². The number of methoxy groups -OCH3 is 1. The van der Waals surface area contributed by atoms with E-state index in [9.17, 15) is 13.2 Å². The lowest BCUT2D eigenvalue weighted by Gasteiger charge is -2.22. The largest absolute Gasteiger partial charge is 0.497 e. The monoisotopic (exact) mass is 434 g/mol. The Morgan fingerprint density at radius 2 is 1.67 bits per heavy atom. The van der Waals surface area contributed by atoms with Crippen molar-refractivity contribution in [3.8, 4) is 11.5 Å². The van der Waals surface area contributed by atoms with E-state index >= 15 is 0 Å². The molecule has 0 fully saturated rings. The highest BCUT2D eigenvalue weighted by atomic mass is 32.2. The highest BCUT2D eigenvalue weighted by molar-refractivity contribution is 7.92. The van der Waals surface area contributed by atoms with E-state index in [0.717, 1.165) is 11.3 Å². The van der Waals surface area contributed by atoms with E-state index in [1.54, 1.807) is 43.5 Å². The molecule has 8 heteroatoms. The maximum absolute atomic E-state index is 12.2. The van der Waals surface area contributed by atoms with Crippen molar-refractivity contribution in [2.75, 3.05) is 30.8 Å². The Labute approximate surface area is 179 Å². The second-order valence-electron chi connectivity index (χ2n) is 7.23. The SMILES string of the molecule is COc1ccc(OCC(C)NC(=O)CCCN(c2ccc(C)cc2)S(C)(=O)=O)cc1. The Morgan fingerprint density at radius 1 is 1.07 bits per heavy atom. The average Bonchev–Trinajstić information content (AvgIpc) is 2.70. The number of rotatable bonds is 11. The Morgan fingerprint density at radius 3 is 2.23 bits per heavy atom. The van der Waals surface area contributed by atoms with Gasteiger partial charge in [-0.2, -0.15) is 0 Å². The van der Waals surface area contributed by atoms with Crippen LogP contribution in [-0.4, -0.2) is 46.9 Å². The summed E-state index contributed by atoms with van der Waals surface area (Å²) >= 11 is 0.